The fourth-order valence-corrected chi connectivity index (χ4v) is 39.7. The van der Waals surface area contributed by atoms with Crippen LogP contribution in [0.3, 0.4) is 0 Å². The van der Waals surface area contributed by atoms with Crippen LogP contribution in [-0.2, 0) is 12.3 Å². The van der Waals surface area contributed by atoms with Crippen LogP contribution < -0.4 is 10.4 Å². The lowest BCUT2D eigenvalue weighted by molar-refractivity contribution is 0.518. The highest BCUT2D eigenvalue weighted by Crippen LogP contribution is 2.33. The Morgan fingerprint density at radius 1 is 0.347 bits per heavy atom. The molecule has 3 nitrogen and oxygen atoms in total. The van der Waals surface area contributed by atoms with Gasteiger partial charge >= 0.3 is 0 Å². The highest BCUT2D eigenvalue weighted by Gasteiger charge is 2.41. The Morgan fingerprint density at radius 3 is 0.796 bits per heavy atom. The molecule has 6 heterocycles. The number of fused-ring (bicyclic) bond motifs is 36. The quantitative estimate of drug-likeness (QED) is 0.307. The average Bonchev–Trinajstić information content (AvgIpc) is 3.10. The molecule has 49 heavy (non-hydrogen) atoms. The summed E-state index contributed by atoms with van der Waals surface area (Å²) in [5.74, 6) is -0.777. The van der Waals surface area contributed by atoms with Gasteiger partial charge in [-0.1, -0.05) is 121 Å². The van der Waals surface area contributed by atoms with E-state index in [1.54, 1.807) is 0 Å². The van der Waals surface area contributed by atoms with E-state index >= 15 is 8.78 Å². The Morgan fingerprint density at radius 2 is 0.571 bits per heavy atom. The van der Waals surface area contributed by atoms with Gasteiger partial charge in [-0.2, -0.15) is 0 Å². The van der Waals surface area contributed by atoms with Crippen molar-refractivity contribution in [2.24, 2.45) is 0 Å². The van der Waals surface area contributed by atoms with Gasteiger partial charge in [-0.05, 0) is 46.6 Å². The molecule has 0 N–H and O–H groups in total. The average molecular weight is 890 g/mol. The van der Waals surface area contributed by atoms with Crippen LogP contribution in [0.25, 0.3) is 0 Å². The van der Waals surface area contributed by atoms with Gasteiger partial charge in [0.05, 0.1) is 16.1 Å². The van der Waals surface area contributed by atoms with Crippen molar-refractivity contribution in [1.29, 1.82) is 0 Å². The van der Waals surface area contributed by atoms with Crippen molar-refractivity contribution in [1.82, 2.24) is 0 Å². The molecule has 0 atom stereocenters. The summed E-state index contributed by atoms with van der Waals surface area (Å²) in [6, 6.07) is 32.7. The Kier molecular flexibility index (Phi) is 23.9. The molecule has 0 amide bonds. The Hall–Kier alpha value is 2.00. The van der Waals surface area contributed by atoms with Crippen molar-refractivity contribution >= 4 is 142 Å². The minimum Gasteiger partial charge on any atom is -0.457 e. The van der Waals surface area contributed by atoms with E-state index in [-0.39, 0.29) is 11.6 Å². The van der Waals surface area contributed by atoms with E-state index in [9.17, 15) is 0 Å². The van der Waals surface area contributed by atoms with Crippen molar-refractivity contribution in [3.63, 3.8) is 0 Å². The minimum atomic E-state index is -2.26. The summed E-state index contributed by atoms with van der Waals surface area (Å²) < 4.78 is 52.8. The topological polar surface area (TPSA) is 27.7 Å². The van der Waals surface area contributed by atoms with E-state index in [1.165, 1.54) is 109 Å². The van der Waals surface area contributed by atoms with E-state index in [2.05, 4.69) is 12.1 Å². The molecule has 0 aromatic heterocycles. The van der Waals surface area contributed by atoms with Crippen molar-refractivity contribution in [3.8, 4) is 0 Å². The predicted molar refractivity (Wildman–Crippen MR) is 225 cm³/mol. The zero-order chi connectivity index (χ0) is 34.3. The highest BCUT2D eigenvalue weighted by molar-refractivity contribution is 6.95. The standard InChI is InChI=1S/C30H50F2O3Si14/c31-29-27-1-2-28(30(29)32)49-24-18-39-6-12-45-33-42-9-3-36-15-21-48(27,22-16-37-4-10-43-34-46-13-7-40-19-25-49)23-17-38-5-11-44-35-47-14-8-41-20-26-49/h1-2H,3-26H2. The summed E-state index contributed by atoms with van der Waals surface area (Å²) in [6.07, 6.45) is 0. The van der Waals surface area contributed by atoms with Gasteiger partial charge in [-0.25, -0.2) is 8.78 Å². The summed E-state index contributed by atoms with van der Waals surface area (Å²) in [5, 5.41) is 1.75. The molecule has 4 bridgehead atoms. The van der Waals surface area contributed by atoms with Crippen LogP contribution >= 0.6 is 0 Å². The first-order valence-corrected chi connectivity index (χ1v) is 38.7. The predicted octanol–water partition coefficient (Wildman–Crippen LogP) is 5.84. The summed E-state index contributed by atoms with van der Waals surface area (Å²) in [7, 11) is 4.76. The van der Waals surface area contributed by atoms with Gasteiger partial charge in [-0.15, -0.1) is 0 Å². The van der Waals surface area contributed by atoms with Crippen LogP contribution in [-0.4, -0.2) is 132 Å². The minimum absolute atomic E-state index is 0.389. The maximum absolute atomic E-state index is 17.2. The molecule has 258 valence electrons. The monoisotopic (exact) mass is 888 g/mol. The molecule has 6 aliphatic rings. The molecule has 6 aliphatic heterocycles. The maximum Gasteiger partial charge on any atom is 0.214 e. The third kappa shape index (κ3) is 15.9. The SMILES string of the molecule is Fc1c2ccc(c1F)[Si]13CC[Si]CC[Si]O[Si]CC[Si]CC[Si]2(CC[Si]CC[Si]O[Si]CC[Si]CC1)CC[Si]CC[Si]O[Si]CC[Si]CC3. The lowest BCUT2D eigenvalue weighted by atomic mass is 10.3. The first kappa shape index (κ1) is 43.7. The zero-order valence-corrected chi connectivity index (χ0v) is 43.1. The van der Waals surface area contributed by atoms with E-state index in [0.29, 0.717) is 58.6 Å². The molecule has 7 rings (SSSR count). The van der Waals surface area contributed by atoms with Crippen molar-refractivity contribution < 1.29 is 21.1 Å². The van der Waals surface area contributed by atoms with Crippen LogP contribution in [0.1, 0.15) is 0 Å². The number of rotatable bonds is 0. The Labute approximate surface area is 329 Å². The van der Waals surface area contributed by atoms with Crippen LogP contribution in [0.5, 0.6) is 0 Å². The van der Waals surface area contributed by atoms with Gasteiger partial charge in [-0.3, -0.25) is 0 Å². The molecule has 0 spiro atoms. The molecular formula is C30H50F2O3Si14. The number of halogens is 2. The van der Waals surface area contributed by atoms with Crippen LogP contribution in [0, 0.1) is 11.6 Å². The molecule has 0 fully saturated rings. The summed E-state index contributed by atoms with van der Waals surface area (Å²) in [6.45, 7) is 0. The molecule has 19 heteroatoms. The van der Waals surface area contributed by atoms with Crippen LogP contribution in [0.2, 0.25) is 145 Å². The fourth-order valence-electron chi connectivity index (χ4n) is 6.94. The zero-order valence-electron chi connectivity index (χ0n) is 29.1. The molecule has 1 aromatic rings. The lowest BCUT2D eigenvalue weighted by Crippen LogP contribution is -2.54. The Bertz CT molecular complexity index is 885. The summed E-state index contributed by atoms with van der Waals surface area (Å²) in [5.41, 5.74) is 0. The smallest absolute Gasteiger partial charge is 0.214 e. The van der Waals surface area contributed by atoms with Crippen molar-refractivity contribution in [2.45, 2.75) is 145 Å². The van der Waals surface area contributed by atoms with Gasteiger partial charge in [0.15, 0.2) is 11.6 Å². The van der Waals surface area contributed by atoms with Crippen LogP contribution in [0.4, 0.5) is 8.78 Å². The molecule has 0 unspecified atom stereocenters. The number of hydrogen-bond donors (Lipinski definition) is 0. The maximum atomic E-state index is 17.2. The molecular weight excluding hydrogens is 840 g/mol. The van der Waals surface area contributed by atoms with E-state index in [4.69, 9.17) is 12.3 Å². The van der Waals surface area contributed by atoms with Gasteiger partial charge in [0.2, 0.25) is 58.6 Å². The third-order valence-corrected chi connectivity index (χ3v) is 39.5. The van der Waals surface area contributed by atoms with Gasteiger partial charge < -0.3 is 12.3 Å². The lowest BCUT2D eigenvalue weighted by Gasteiger charge is -2.36. The highest BCUT2D eigenvalue weighted by atomic mass is 28.3. The number of hydrogen-bond acceptors (Lipinski definition) is 3. The molecule has 1 aromatic carbocycles. The van der Waals surface area contributed by atoms with Gasteiger partial charge in [0.25, 0.3) is 0 Å². The third-order valence-electron chi connectivity index (χ3n) is 9.76. The summed E-state index contributed by atoms with van der Waals surface area (Å²) >= 11 is 0. The van der Waals surface area contributed by atoms with E-state index in [0.717, 1.165) is 104 Å². The Balaban J connectivity index is 1.76. The largest absolute Gasteiger partial charge is 0.457 e. The van der Waals surface area contributed by atoms with Crippen molar-refractivity contribution in [3.05, 3.63) is 23.8 Å². The summed E-state index contributed by atoms with van der Waals surface area (Å²) in [4.78, 5) is 0. The van der Waals surface area contributed by atoms with Gasteiger partial charge in [0, 0.05) is 57.1 Å². The second-order valence-electron chi connectivity index (χ2n) is 13.0. The number of benzene rings is 1. The molecule has 0 aliphatic carbocycles. The normalized spacial score (nSPS) is 28.9. The second kappa shape index (κ2) is 26.7. The van der Waals surface area contributed by atoms with Gasteiger partial charge in [0.1, 0.15) is 0 Å². The van der Waals surface area contributed by atoms with Crippen molar-refractivity contribution in [2.75, 3.05) is 0 Å². The molecule has 0 saturated heterocycles. The molecule has 24 radical (unpaired) electrons. The molecule has 0 saturated carbocycles. The van der Waals surface area contributed by atoms with E-state index < -0.39 is 16.1 Å². The first-order valence-electron chi connectivity index (χ1n) is 18.2. The van der Waals surface area contributed by atoms with E-state index in [1.807, 2.05) is 0 Å². The van der Waals surface area contributed by atoms with Crippen LogP contribution in [0.15, 0.2) is 12.1 Å². The second-order valence-corrected chi connectivity index (χ2v) is 38.4. The fraction of sp³-hybridized carbons (Fsp3) is 0.800. The first-order chi connectivity index (χ1) is 24.2.